The Balaban J connectivity index is 3.66. The Morgan fingerprint density at radius 1 is 0.556 bits per heavy atom. The van der Waals surface area contributed by atoms with Crippen molar-refractivity contribution in [1.82, 2.24) is 0 Å². The molecule has 110 valence electrons. The maximum atomic E-state index is 2.35. The SMILES string of the molecule is CCCCCC(CCCCC)CCCCC(C)C. The third-order valence-electron chi connectivity index (χ3n) is 4.08. The van der Waals surface area contributed by atoms with Crippen molar-refractivity contribution >= 4 is 0 Å². The predicted octanol–water partition coefficient (Wildman–Crippen LogP) is 6.98. The molecule has 18 heavy (non-hydrogen) atoms. The molecule has 0 unspecified atom stereocenters. The van der Waals surface area contributed by atoms with Gasteiger partial charge in [-0.05, 0) is 11.8 Å². The van der Waals surface area contributed by atoms with E-state index < -0.39 is 0 Å². The summed E-state index contributed by atoms with van der Waals surface area (Å²) in [6, 6.07) is 0. The summed E-state index contributed by atoms with van der Waals surface area (Å²) < 4.78 is 0. The fourth-order valence-corrected chi connectivity index (χ4v) is 2.78. The molecule has 0 fully saturated rings. The van der Waals surface area contributed by atoms with Crippen LogP contribution in [0.2, 0.25) is 0 Å². The highest BCUT2D eigenvalue weighted by molar-refractivity contribution is 4.61. The van der Waals surface area contributed by atoms with Crippen LogP contribution in [0.1, 0.15) is 105 Å². The molecule has 0 rings (SSSR count). The lowest BCUT2D eigenvalue weighted by Gasteiger charge is -2.17. The zero-order valence-corrected chi connectivity index (χ0v) is 13.6. The van der Waals surface area contributed by atoms with Crippen LogP contribution in [0.25, 0.3) is 0 Å². The lowest BCUT2D eigenvalue weighted by atomic mass is 9.89. The van der Waals surface area contributed by atoms with E-state index in [4.69, 9.17) is 0 Å². The molecule has 0 aliphatic carbocycles. The largest absolute Gasteiger partial charge is 0.0654 e. The number of hydrogen-bond acceptors (Lipinski definition) is 0. The van der Waals surface area contributed by atoms with Crippen molar-refractivity contribution in [2.24, 2.45) is 11.8 Å². The van der Waals surface area contributed by atoms with Crippen LogP contribution in [-0.2, 0) is 0 Å². The second kappa shape index (κ2) is 13.4. The van der Waals surface area contributed by atoms with Crippen molar-refractivity contribution in [2.75, 3.05) is 0 Å². The zero-order valence-electron chi connectivity index (χ0n) is 13.6. The first-order valence-corrected chi connectivity index (χ1v) is 8.70. The van der Waals surface area contributed by atoms with Crippen LogP contribution in [0.4, 0.5) is 0 Å². The maximum Gasteiger partial charge on any atom is -0.0414 e. The molecule has 0 radical (unpaired) electrons. The lowest BCUT2D eigenvalue weighted by molar-refractivity contribution is 0.366. The van der Waals surface area contributed by atoms with Gasteiger partial charge in [-0.3, -0.25) is 0 Å². The van der Waals surface area contributed by atoms with Crippen molar-refractivity contribution in [3.63, 3.8) is 0 Å². The third kappa shape index (κ3) is 12.5. The van der Waals surface area contributed by atoms with Gasteiger partial charge >= 0.3 is 0 Å². The third-order valence-corrected chi connectivity index (χ3v) is 4.08. The van der Waals surface area contributed by atoms with Gasteiger partial charge in [0, 0.05) is 0 Å². The first-order chi connectivity index (χ1) is 8.70. The summed E-state index contributed by atoms with van der Waals surface area (Å²) in [5.41, 5.74) is 0. The van der Waals surface area contributed by atoms with Gasteiger partial charge in [-0.25, -0.2) is 0 Å². The molecular weight excluding hydrogens is 216 g/mol. The van der Waals surface area contributed by atoms with Crippen molar-refractivity contribution in [3.8, 4) is 0 Å². The topological polar surface area (TPSA) is 0 Å². The summed E-state index contributed by atoms with van der Waals surface area (Å²) in [6.45, 7) is 9.32. The minimum atomic E-state index is 0.892. The maximum absolute atomic E-state index is 2.35. The van der Waals surface area contributed by atoms with Crippen molar-refractivity contribution in [3.05, 3.63) is 0 Å². The molecule has 0 aromatic carbocycles. The molecule has 0 aliphatic rings. The molecule has 0 spiro atoms. The Morgan fingerprint density at radius 2 is 0.944 bits per heavy atom. The number of unbranched alkanes of at least 4 members (excludes halogenated alkanes) is 5. The van der Waals surface area contributed by atoms with E-state index in [-0.39, 0.29) is 0 Å². The predicted molar refractivity (Wildman–Crippen MR) is 85.1 cm³/mol. The highest BCUT2D eigenvalue weighted by atomic mass is 14.1. The fourth-order valence-electron chi connectivity index (χ4n) is 2.78. The van der Waals surface area contributed by atoms with Gasteiger partial charge in [0.2, 0.25) is 0 Å². The van der Waals surface area contributed by atoms with Crippen LogP contribution < -0.4 is 0 Å². The van der Waals surface area contributed by atoms with E-state index in [1.807, 2.05) is 0 Å². The molecule has 0 aromatic heterocycles. The highest BCUT2D eigenvalue weighted by Crippen LogP contribution is 2.23. The standard InChI is InChI=1S/C18H38/c1-5-7-9-14-18(15-10-8-6-2)16-12-11-13-17(3)4/h17-18H,5-16H2,1-4H3. The molecular formula is C18H38. The van der Waals surface area contributed by atoms with Gasteiger partial charge in [0.15, 0.2) is 0 Å². The fraction of sp³-hybridized carbons (Fsp3) is 1.00. The number of hydrogen-bond donors (Lipinski definition) is 0. The average Bonchev–Trinajstić information content (AvgIpc) is 2.34. The minimum absolute atomic E-state index is 0.892. The summed E-state index contributed by atoms with van der Waals surface area (Å²) in [5, 5.41) is 0. The van der Waals surface area contributed by atoms with Gasteiger partial charge in [-0.1, -0.05) is 105 Å². The van der Waals surface area contributed by atoms with E-state index in [9.17, 15) is 0 Å². The van der Waals surface area contributed by atoms with Crippen molar-refractivity contribution < 1.29 is 0 Å². The smallest absolute Gasteiger partial charge is 0.0414 e. The Kier molecular flexibility index (Phi) is 13.4. The summed E-state index contributed by atoms with van der Waals surface area (Å²) in [7, 11) is 0. The van der Waals surface area contributed by atoms with Crippen molar-refractivity contribution in [2.45, 2.75) is 105 Å². The van der Waals surface area contributed by atoms with Crippen molar-refractivity contribution in [1.29, 1.82) is 0 Å². The highest BCUT2D eigenvalue weighted by Gasteiger charge is 2.08. The molecule has 0 saturated heterocycles. The van der Waals surface area contributed by atoms with E-state index in [1.54, 1.807) is 0 Å². The second-order valence-corrected chi connectivity index (χ2v) is 6.54. The molecule has 0 atom stereocenters. The molecule has 0 N–H and O–H groups in total. The van der Waals surface area contributed by atoms with Crippen LogP contribution in [0.15, 0.2) is 0 Å². The van der Waals surface area contributed by atoms with Gasteiger partial charge in [0.05, 0.1) is 0 Å². The van der Waals surface area contributed by atoms with Gasteiger partial charge in [-0.2, -0.15) is 0 Å². The molecule has 0 amide bonds. The quantitative estimate of drug-likeness (QED) is 0.311. The molecule has 0 bridgehead atoms. The van der Waals surface area contributed by atoms with Crippen LogP contribution in [0, 0.1) is 11.8 Å². The Labute approximate surface area is 117 Å². The van der Waals surface area contributed by atoms with E-state index in [0.717, 1.165) is 11.8 Å². The first-order valence-electron chi connectivity index (χ1n) is 8.70. The van der Waals surface area contributed by atoms with Gasteiger partial charge < -0.3 is 0 Å². The summed E-state index contributed by atoms with van der Waals surface area (Å²) in [4.78, 5) is 0. The van der Waals surface area contributed by atoms with Gasteiger partial charge in [-0.15, -0.1) is 0 Å². The van der Waals surface area contributed by atoms with Crippen LogP contribution in [0.5, 0.6) is 0 Å². The summed E-state index contributed by atoms with van der Waals surface area (Å²) in [6.07, 6.45) is 17.4. The molecule has 0 aromatic rings. The Hall–Kier alpha value is 0. The van der Waals surface area contributed by atoms with E-state index >= 15 is 0 Å². The van der Waals surface area contributed by atoms with Crippen LogP contribution >= 0.6 is 0 Å². The monoisotopic (exact) mass is 254 g/mol. The Morgan fingerprint density at radius 3 is 1.33 bits per heavy atom. The van der Waals surface area contributed by atoms with E-state index in [2.05, 4.69) is 27.7 Å². The number of rotatable bonds is 13. The molecule has 0 saturated carbocycles. The summed E-state index contributed by atoms with van der Waals surface area (Å²) >= 11 is 0. The van der Waals surface area contributed by atoms with Gasteiger partial charge in [0.1, 0.15) is 0 Å². The summed E-state index contributed by atoms with van der Waals surface area (Å²) in [5.74, 6) is 1.93. The minimum Gasteiger partial charge on any atom is -0.0654 e. The zero-order chi connectivity index (χ0) is 13.6. The average molecular weight is 255 g/mol. The normalized spacial score (nSPS) is 11.7. The molecule has 0 aliphatic heterocycles. The van der Waals surface area contributed by atoms with E-state index in [1.165, 1.54) is 77.0 Å². The second-order valence-electron chi connectivity index (χ2n) is 6.54. The molecule has 0 nitrogen and oxygen atoms in total. The first kappa shape index (κ1) is 18.0. The van der Waals surface area contributed by atoms with Crippen LogP contribution in [-0.4, -0.2) is 0 Å². The Bertz CT molecular complexity index is 138. The molecule has 0 heteroatoms. The molecule has 0 heterocycles. The van der Waals surface area contributed by atoms with E-state index in [0.29, 0.717) is 0 Å². The lowest BCUT2D eigenvalue weighted by Crippen LogP contribution is -2.01. The van der Waals surface area contributed by atoms with Crippen LogP contribution in [0.3, 0.4) is 0 Å². The van der Waals surface area contributed by atoms with Gasteiger partial charge in [0.25, 0.3) is 0 Å².